The summed E-state index contributed by atoms with van der Waals surface area (Å²) in [7, 11) is 0. The maximum Gasteiger partial charge on any atom is 0.338 e. The van der Waals surface area contributed by atoms with Crippen LogP contribution in [0.15, 0.2) is 44.2 Å². The molecule has 86 valence electrons. The Morgan fingerprint density at radius 1 is 1.41 bits per heavy atom. The predicted octanol–water partition coefficient (Wildman–Crippen LogP) is 2.24. The van der Waals surface area contributed by atoms with Crippen LogP contribution in [-0.2, 0) is 6.54 Å². The van der Waals surface area contributed by atoms with Crippen LogP contribution in [0, 0.1) is 0 Å². The van der Waals surface area contributed by atoms with Crippen molar-refractivity contribution in [3.05, 3.63) is 52.1 Å². The number of hydrogen-bond donors (Lipinski definition) is 0. The van der Waals surface area contributed by atoms with Gasteiger partial charge in [0.2, 0.25) is 0 Å². The van der Waals surface area contributed by atoms with Gasteiger partial charge in [-0.3, -0.25) is 0 Å². The van der Waals surface area contributed by atoms with Crippen LogP contribution in [0.1, 0.15) is 5.76 Å². The molecule has 0 N–H and O–H groups in total. The van der Waals surface area contributed by atoms with Crippen molar-refractivity contribution in [3.63, 3.8) is 0 Å². The van der Waals surface area contributed by atoms with Crippen LogP contribution in [0.3, 0.4) is 0 Å². The minimum atomic E-state index is -0.365. The van der Waals surface area contributed by atoms with Gasteiger partial charge in [0.1, 0.15) is 5.76 Å². The second-order valence-corrected chi connectivity index (χ2v) is 3.85. The van der Waals surface area contributed by atoms with Gasteiger partial charge in [0.15, 0.2) is 5.76 Å². The summed E-state index contributed by atoms with van der Waals surface area (Å²) in [5, 5.41) is 0.101. The second-order valence-electron chi connectivity index (χ2n) is 3.53. The van der Waals surface area contributed by atoms with Crippen LogP contribution in [0.25, 0.3) is 11.5 Å². The maximum absolute atomic E-state index is 11.2. The molecule has 0 aromatic carbocycles. The van der Waals surface area contributed by atoms with Gasteiger partial charge in [-0.15, -0.1) is 0 Å². The molecule has 0 unspecified atom stereocenters. The standard InChI is InChI=1S/C11H7ClN2O3/c12-11-13-5-7(16-11)6-14-3-1-2-9-8(14)4-10(15)17-9/h1-5H,6H2. The van der Waals surface area contributed by atoms with E-state index in [9.17, 15) is 4.79 Å². The van der Waals surface area contributed by atoms with E-state index in [4.69, 9.17) is 20.4 Å². The van der Waals surface area contributed by atoms with Gasteiger partial charge in [0.05, 0.1) is 24.5 Å². The van der Waals surface area contributed by atoms with Crippen molar-refractivity contribution in [2.24, 2.45) is 0 Å². The molecule has 3 heterocycles. The average Bonchev–Trinajstić information content (AvgIpc) is 2.84. The molecule has 2 aliphatic rings. The quantitative estimate of drug-likeness (QED) is 0.700. The summed E-state index contributed by atoms with van der Waals surface area (Å²) in [6.45, 7) is 0.441. The van der Waals surface area contributed by atoms with E-state index in [0.29, 0.717) is 23.8 Å². The molecule has 0 saturated carbocycles. The molecule has 0 amide bonds. The lowest BCUT2D eigenvalue weighted by molar-refractivity contribution is 0.489. The summed E-state index contributed by atoms with van der Waals surface area (Å²) < 4.78 is 12.0. The molecule has 5 nitrogen and oxygen atoms in total. The number of furan rings is 1. The van der Waals surface area contributed by atoms with Gasteiger partial charge in [0.25, 0.3) is 5.35 Å². The summed E-state index contributed by atoms with van der Waals surface area (Å²) in [5.41, 5.74) is 0.348. The molecule has 0 fully saturated rings. The number of nitrogens with zero attached hydrogens (tertiary/aromatic N) is 2. The second kappa shape index (κ2) is 3.78. The number of rotatable bonds is 2. The molecule has 0 radical (unpaired) electrons. The molecule has 2 aliphatic heterocycles. The Morgan fingerprint density at radius 3 is 3.06 bits per heavy atom. The molecule has 3 rings (SSSR count). The molecule has 0 bridgehead atoms. The molecule has 1 aromatic rings. The molecule has 0 spiro atoms. The topological polar surface area (TPSA) is 61.2 Å². The van der Waals surface area contributed by atoms with E-state index >= 15 is 0 Å². The van der Waals surface area contributed by atoms with Gasteiger partial charge in [-0.2, -0.15) is 0 Å². The van der Waals surface area contributed by atoms with Crippen LogP contribution >= 0.6 is 11.6 Å². The number of pyridine rings is 1. The van der Waals surface area contributed by atoms with Crippen LogP contribution in [-0.4, -0.2) is 9.55 Å². The van der Waals surface area contributed by atoms with Gasteiger partial charge in [-0.05, 0) is 23.7 Å². The summed E-state index contributed by atoms with van der Waals surface area (Å²) in [6, 6.07) is 4.97. The lowest BCUT2D eigenvalue weighted by Gasteiger charge is -2.08. The Morgan fingerprint density at radius 2 is 2.29 bits per heavy atom. The Bertz CT molecular complexity index is 682. The number of halogens is 1. The van der Waals surface area contributed by atoms with Gasteiger partial charge in [-0.1, -0.05) is 0 Å². The monoisotopic (exact) mass is 250 g/mol. The summed E-state index contributed by atoms with van der Waals surface area (Å²) in [5.74, 6) is 1.16. The normalized spacial score (nSPS) is 11.1. The van der Waals surface area contributed by atoms with E-state index in [1.165, 1.54) is 6.07 Å². The zero-order chi connectivity index (χ0) is 11.8. The van der Waals surface area contributed by atoms with Crippen LogP contribution in [0.2, 0.25) is 5.35 Å². The first kappa shape index (κ1) is 10.2. The van der Waals surface area contributed by atoms with Crippen molar-refractivity contribution in [2.75, 3.05) is 0 Å². The smallest absolute Gasteiger partial charge is 0.338 e. The first-order chi connectivity index (χ1) is 8.22. The fourth-order valence-electron chi connectivity index (χ4n) is 1.69. The minimum Gasteiger partial charge on any atom is -0.431 e. The van der Waals surface area contributed by atoms with E-state index in [1.54, 1.807) is 18.3 Å². The predicted molar refractivity (Wildman–Crippen MR) is 60.2 cm³/mol. The number of aromatic nitrogens is 2. The van der Waals surface area contributed by atoms with Crippen molar-refractivity contribution in [1.29, 1.82) is 0 Å². The van der Waals surface area contributed by atoms with Crippen LogP contribution in [0.4, 0.5) is 0 Å². The van der Waals surface area contributed by atoms with Crippen LogP contribution in [0.5, 0.6) is 0 Å². The Hall–Kier alpha value is -2.01. The van der Waals surface area contributed by atoms with E-state index in [1.807, 2.05) is 10.8 Å². The zero-order valence-electron chi connectivity index (χ0n) is 8.59. The summed E-state index contributed by atoms with van der Waals surface area (Å²) in [6.07, 6.45) is 3.38. The van der Waals surface area contributed by atoms with E-state index in [-0.39, 0.29) is 11.0 Å². The minimum absolute atomic E-state index is 0.101. The van der Waals surface area contributed by atoms with Crippen molar-refractivity contribution in [1.82, 2.24) is 9.55 Å². The van der Waals surface area contributed by atoms with Crippen molar-refractivity contribution in [2.45, 2.75) is 6.54 Å². The molecule has 0 atom stereocenters. The zero-order valence-corrected chi connectivity index (χ0v) is 9.35. The third-order valence-corrected chi connectivity index (χ3v) is 2.57. The highest BCUT2D eigenvalue weighted by atomic mass is 35.5. The molecular formula is C11H7ClN2O3. The summed E-state index contributed by atoms with van der Waals surface area (Å²) >= 11 is 5.59. The van der Waals surface area contributed by atoms with Crippen molar-refractivity contribution < 1.29 is 8.83 Å². The Labute approximate surface area is 101 Å². The lowest BCUT2D eigenvalue weighted by Crippen LogP contribution is -2.02. The average molecular weight is 251 g/mol. The van der Waals surface area contributed by atoms with Crippen LogP contribution < -0.4 is 5.63 Å². The lowest BCUT2D eigenvalue weighted by atomic mass is 10.3. The van der Waals surface area contributed by atoms with E-state index < -0.39 is 0 Å². The molecule has 1 aromatic heterocycles. The van der Waals surface area contributed by atoms with Gasteiger partial charge in [-0.25, -0.2) is 9.78 Å². The molecule has 0 aliphatic carbocycles. The fraction of sp³-hybridized carbons (Fsp3) is 0.0909. The van der Waals surface area contributed by atoms with Gasteiger partial charge >= 0.3 is 5.63 Å². The molecular weight excluding hydrogens is 244 g/mol. The number of oxazole rings is 1. The highest BCUT2D eigenvalue weighted by Crippen LogP contribution is 2.21. The van der Waals surface area contributed by atoms with E-state index in [2.05, 4.69) is 4.98 Å². The largest absolute Gasteiger partial charge is 0.431 e. The highest BCUT2D eigenvalue weighted by molar-refractivity contribution is 6.27. The van der Waals surface area contributed by atoms with Gasteiger partial charge in [0, 0.05) is 6.20 Å². The third kappa shape index (κ3) is 1.85. The highest BCUT2D eigenvalue weighted by Gasteiger charge is 2.12. The van der Waals surface area contributed by atoms with E-state index in [0.717, 1.165) is 0 Å². The number of hydrogen-bond acceptors (Lipinski definition) is 4. The maximum atomic E-state index is 11.2. The molecule has 6 heteroatoms. The SMILES string of the molecule is O=c1cc2n(Cc3cnc(Cl)o3)cccc-2o1. The van der Waals surface area contributed by atoms with Crippen molar-refractivity contribution in [3.8, 4) is 11.5 Å². The Kier molecular flexibility index (Phi) is 2.26. The third-order valence-electron chi connectivity index (χ3n) is 2.39. The first-order valence-electron chi connectivity index (χ1n) is 4.91. The first-order valence-corrected chi connectivity index (χ1v) is 5.29. The molecule has 0 saturated heterocycles. The summed E-state index contributed by atoms with van der Waals surface area (Å²) in [4.78, 5) is 15.0. The fourth-order valence-corrected chi connectivity index (χ4v) is 1.84. The van der Waals surface area contributed by atoms with Crippen molar-refractivity contribution >= 4 is 11.6 Å². The molecule has 17 heavy (non-hydrogen) atoms. The van der Waals surface area contributed by atoms with Gasteiger partial charge < -0.3 is 13.4 Å². The number of fused-ring (bicyclic) bond motifs is 1. The Balaban J connectivity index is 2.03.